The summed E-state index contributed by atoms with van der Waals surface area (Å²) >= 11 is 3.62. The van der Waals surface area contributed by atoms with Crippen LogP contribution in [0.2, 0.25) is 0 Å². The van der Waals surface area contributed by atoms with Gasteiger partial charge in [-0.15, -0.1) is 0 Å². The number of aliphatic hydroxyl groups is 1. The highest BCUT2D eigenvalue weighted by Gasteiger charge is 2.20. The predicted octanol–water partition coefficient (Wildman–Crippen LogP) is 2.14. The molecule has 0 amide bonds. The molecule has 0 bridgehead atoms. The number of aliphatic hydroxyl groups excluding tert-OH is 1. The zero-order valence-electron chi connectivity index (χ0n) is 12.1. The number of likely N-dealkylation sites (N-methyl/N-ethyl adjacent to an activating group) is 1. The molecule has 1 aromatic carbocycles. The Morgan fingerprint density at radius 3 is 2.85 bits per heavy atom. The first-order valence-corrected chi connectivity index (χ1v) is 7.79. The fourth-order valence-corrected chi connectivity index (χ4v) is 2.91. The van der Waals surface area contributed by atoms with E-state index in [2.05, 4.69) is 39.4 Å². The van der Waals surface area contributed by atoms with Gasteiger partial charge in [0, 0.05) is 37.8 Å². The fraction of sp³-hybridized carbons (Fsp3) is 0.600. The first-order chi connectivity index (χ1) is 9.60. The second-order valence-electron chi connectivity index (χ2n) is 5.43. The molecule has 1 aromatic rings. The maximum absolute atomic E-state index is 9.79. The largest absolute Gasteiger partial charge is 0.389 e. The average molecular weight is 343 g/mol. The van der Waals surface area contributed by atoms with Gasteiger partial charge in [-0.1, -0.05) is 6.07 Å². The second-order valence-corrected chi connectivity index (χ2v) is 6.28. The van der Waals surface area contributed by atoms with Crippen molar-refractivity contribution in [1.82, 2.24) is 5.32 Å². The molecule has 4 nitrogen and oxygen atoms in total. The summed E-state index contributed by atoms with van der Waals surface area (Å²) in [5.41, 5.74) is 2.36. The Morgan fingerprint density at radius 1 is 1.50 bits per heavy atom. The highest BCUT2D eigenvalue weighted by molar-refractivity contribution is 9.10. The van der Waals surface area contributed by atoms with E-state index in [1.807, 2.05) is 11.9 Å². The first-order valence-electron chi connectivity index (χ1n) is 7.00. The van der Waals surface area contributed by atoms with E-state index < -0.39 is 6.10 Å². The third-order valence-corrected chi connectivity index (χ3v) is 4.07. The lowest BCUT2D eigenvalue weighted by Gasteiger charge is -2.24. The van der Waals surface area contributed by atoms with E-state index in [1.54, 1.807) is 7.11 Å². The summed E-state index contributed by atoms with van der Waals surface area (Å²) in [5, 5.41) is 13.3. The van der Waals surface area contributed by atoms with Gasteiger partial charge in [-0.2, -0.15) is 0 Å². The van der Waals surface area contributed by atoms with Gasteiger partial charge in [0.1, 0.15) is 0 Å². The third kappa shape index (κ3) is 4.74. The van der Waals surface area contributed by atoms with E-state index in [0.717, 1.165) is 22.7 Å². The number of methoxy groups -OCH3 is 1. The van der Waals surface area contributed by atoms with Crippen molar-refractivity contribution in [3.05, 3.63) is 28.2 Å². The molecule has 0 aromatic heterocycles. The Labute approximate surface area is 129 Å². The van der Waals surface area contributed by atoms with Gasteiger partial charge in [-0.25, -0.2) is 0 Å². The zero-order valence-corrected chi connectivity index (χ0v) is 13.7. The number of nitrogens with one attached hydrogen (secondary N) is 1. The lowest BCUT2D eigenvalue weighted by Crippen LogP contribution is -2.32. The van der Waals surface area contributed by atoms with E-state index in [4.69, 9.17) is 4.74 Å². The van der Waals surface area contributed by atoms with Crippen LogP contribution in [0.25, 0.3) is 0 Å². The third-order valence-electron chi connectivity index (χ3n) is 3.44. The normalized spacial score (nSPS) is 16.2. The topological polar surface area (TPSA) is 44.7 Å². The Hall–Kier alpha value is -0.620. The smallest absolute Gasteiger partial charge is 0.0947 e. The molecule has 0 heterocycles. The molecular weight excluding hydrogens is 320 g/mol. The molecule has 0 radical (unpaired) electrons. The minimum atomic E-state index is -0.479. The van der Waals surface area contributed by atoms with Gasteiger partial charge in [0.15, 0.2) is 0 Å². The predicted molar refractivity (Wildman–Crippen MR) is 85.2 cm³/mol. The van der Waals surface area contributed by atoms with Crippen molar-refractivity contribution in [3.8, 4) is 0 Å². The monoisotopic (exact) mass is 342 g/mol. The van der Waals surface area contributed by atoms with Gasteiger partial charge in [0.2, 0.25) is 0 Å². The van der Waals surface area contributed by atoms with Gasteiger partial charge >= 0.3 is 0 Å². The quantitative estimate of drug-likeness (QED) is 0.759. The Kier molecular flexibility index (Phi) is 5.84. The second kappa shape index (κ2) is 7.41. The van der Waals surface area contributed by atoms with Crippen molar-refractivity contribution >= 4 is 21.6 Å². The minimum Gasteiger partial charge on any atom is -0.389 e. The standard InChI is InChI=1S/C15H23BrN2O2/c1-18(9-13(19)10-20-2)15-6-3-11(7-14(15)16)8-17-12-4-5-12/h3,6-7,12-13,17,19H,4-5,8-10H2,1-2H3. The number of ether oxygens (including phenoxy) is 1. The average Bonchev–Trinajstić information content (AvgIpc) is 3.20. The van der Waals surface area contributed by atoms with E-state index in [1.165, 1.54) is 18.4 Å². The van der Waals surface area contributed by atoms with E-state index in [0.29, 0.717) is 13.2 Å². The van der Waals surface area contributed by atoms with Crippen LogP contribution in [0.15, 0.2) is 22.7 Å². The maximum Gasteiger partial charge on any atom is 0.0947 e. The number of anilines is 1. The number of rotatable bonds is 8. The van der Waals surface area contributed by atoms with Crippen LogP contribution in [0.5, 0.6) is 0 Å². The zero-order chi connectivity index (χ0) is 14.5. The van der Waals surface area contributed by atoms with E-state index >= 15 is 0 Å². The summed E-state index contributed by atoms with van der Waals surface area (Å²) in [5.74, 6) is 0. The van der Waals surface area contributed by atoms with Crippen molar-refractivity contribution in [2.45, 2.75) is 31.5 Å². The number of halogens is 1. The highest BCUT2D eigenvalue weighted by atomic mass is 79.9. The summed E-state index contributed by atoms with van der Waals surface area (Å²) < 4.78 is 6.01. The molecule has 112 valence electrons. The fourth-order valence-electron chi connectivity index (χ4n) is 2.18. The SMILES string of the molecule is COCC(O)CN(C)c1ccc(CNC2CC2)cc1Br. The number of benzene rings is 1. The Morgan fingerprint density at radius 2 is 2.25 bits per heavy atom. The molecule has 1 atom stereocenters. The number of hydrogen-bond donors (Lipinski definition) is 2. The summed E-state index contributed by atoms with van der Waals surface area (Å²) in [4.78, 5) is 2.03. The Balaban J connectivity index is 1.93. The number of hydrogen-bond acceptors (Lipinski definition) is 4. The van der Waals surface area contributed by atoms with Crippen molar-refractivity contribution in [3.63, 3.8) is 0 Å². The molecule has 0 saturated heterocycles. The molecule has 1 fully saturated rings. The minimum absolute atomic E-state index is 0.353. The van der Waals surface area contributed by atoms with Gasteiger partial charge in [-0.3, -0.25) is 0 Å². The molecule has 2 N–H and O–H groups in total. The van der Waals surface area contributed by atoms with Crippen LogP contribution < -0.4 is 10.2 Å². The van der Waals surface area contributed by atoms with Gasteiger partial charge in [-0.05, 0) is 46.5 Å². The molecule has 20 heavy (non-hydrogen) atoms. The van der Waals surface area contributed by atoms with Crippen LogP contribution in [0.3, 0.4) is 0 Å². The lowest BCUT2D eigenvalue weighted by molar-refractivity contribution is 0.0695. The van der Waals surface area contributed by atoms with Gasteiger partial charge in [0.25, 0.3) is 0 Å². The molecule has 1 saturated carbocycles. The van der Waals surface area contributed by atoms with Crippen LogP contribution in [-0.4, -0.2) is 44.6 Å². The molecule has 1 aliphatic carbocycles. The van der Waals surface area contributed by atoms with Crippen LogP contribution >= 0.6 is 15.9 Å². The summed E-state index contributed by atoms with van der Waals surface area (Å²) in [6, 6.07) is 7.09. The van der Waals surface area contributed by atoms with Crippen molar-refractivity contribution in [1.29, 1.82) is 0 Å². The first kappa shape index (κ1) is 15.8. The molecular formula is C15H23BrN2O2. The van der Waals surface area contributed by atoms with E-state index in [-0.39, 0.29) is 0 Å². The molecule has 0 spiro atoms. The van der Waals surface area contributed by atoms with Crippen molar-refractivity contribution < 1.29 is 9.84 Å². The summed E-state index contributed by atoms with van der Waals surface area (Å²) in [6.07, 6.45) is 2.13. The van der Waals surface area contributed by atoms with Crippen LogP contribution in [-0.2, 0) is 11.3 Å². The molecule has 1 aliphatic rings. The Bertz CT molecular complexity index is 438. The van der Waals surface area contributed by atoms with Crippen LogP contribution in [0.4, 0.5) is 5.69 Å². The van der Waals surface area contributed by atoms with Crippen LogP contribution in [0.1, 0.15) is 18.4 Å². The molecule has 0 aliphatic heterocycles. The highest BCUT2D eigenvalue weighted by Crippen LogP contribution is 2.27. The van der Waals surface area contributed by atoms with Crippen molar-refractivity contribution in [2.24, 2.45) is 0 Å². The summed E-state index contributed by atoms with van der Waals surface area (Å²) in [6.45, 7) is 1.82. The van der Waals surface area contributed by atoms with Gasteiger partial charge < -0.3 is 20.1 Å². The maximum atomic E-state index is 9.79. The van der Waals surface area contributed by atoms with E-state index in [9.17, 15) is 5.11 Å². The molecule has 5 heteroatoms. The summed E-state index contributed by atoms with van der Waals surface area (Å²) in [7, 11) is 3.57. The molecule has 2 rings (SSSR count). The molecule has 1 unspecified atom stereocenters. The lowest BCUT2D eigenvalue weighted by atomic mass is 10.2. The number of nitrogens with zero attached hydrogens (tertiary/aromatic N) is 1. The van der Waals surface area contributed by atoms with Gasteiger partial charge in [0.05, 0.1) is 18.4 Å². The van der Waals surface area contributed by atoms with Crippen molar-refractivity contribution in [2.75, 3.05) is 32.2 Å². The van der Waals surface area contributed by atoms with Crippen LogP contribution in [0, 0.1) is 0 Å².